The number of sulfonamides is 1. The van der Waals surface area contributed by atoms with E-state index in [1.165, 1.54) is 10.6 Å². The molecule has 1 saturated heterocycles. The minimum absolute atomic E-state index is 0.461. The molecule has 0 spiro atoms. The van der Waals surface area contributed by atoms with E-state index in [1.54, 1.807) is 18.2 Å². The highest BCUT2D eigenvalue weighted by Gasteiger charge is 2.23. The number of para-hydroxylation sites is 1. The van der Waals surface area contributed by atoms with Gasteiger partial charge in [-0.15, -0.1) is 0 Å². The number of nitrogens with zero attached hydrogens (tertiary/aromatic N) is 2. The highest BCUT2D eigenvalue weighted by molar-refractivity contribution is 7.88. The molecule has 0 amide bonds. The Balaban J connectivity index is 1.78. The zero-order valence-corrected chi connectivity index (χ0v) is 14.1. The molecule has 1 aromatic carbocycles. The SMILES string of the molecule is CS(=O)(=O)N1CCN(CCOc2c(Cl)cccc2Cl)CC1. The second kappa shape index (κ2) is 7.15. The summed E-state index contributed by atoms with van der Waals surface area (Å²) < 4.78 is 30.0. The van der Waals surface area contributed by atoms with Crippen LogP contribution in [0.4, 0.5) is 0 Å². The normalized spacial score (nSPS) is 17.9. The quantitative estimate of drug-likeness (QED) is 0.812. The van der Waals surface area contributed by atoms with E-state index in [1.807, 2.05) is 0 Å². The molecule has 1 aromatic rings. The van der Waals surface area contributed by atoms with Crippen molar-refractivity contribution in [3.8, 4) is 5.75 Å². The minimum Gasteiger partial charge on any atom is -0.489 e. The summed E-state index contributed by atoms with van der Waals surface area (Å²) in [6.45, 7) is 3.61. The van der Waals surface area contributed by atoms with Crippen LogP contribution in [0, 0.1) is 0 Å². The Labute approximate surface area is 135 Å². The Kier molecular flexibility index (Phi) is 5.73. The number of ether oxygens (including phenoxy) is 1. The molecule has 0 aliphatic carbocycles. The van der Waals surface area contributed by atoms with Crippen LogP contribution in [-0.4, -0.2) is 63.2 Å². The van der Waals surface area contributed by atoms with Crippen molar-refractivity contribution in [2.75, 3.05) is 45.6 Å². The van der Waals surface area contributed by atoms with Crippen LogP contribution in [0.3, 0.4) is 0 Å². The molecule has 1 aliphatic heterocycles. The molecule has 0 aromatic heterocycles. The Bertz CT molecular complexity index is 567. The molecule has 2 rings (SSSR count). The number of rotatable bonds is 5. The summed E-state index contributed by atoms with van der Waals surface area (Å²) in [5, 5.41) is 0.980. The van der Waals surface area contributed by atoms with Crippen LogP contribution < -0.4 is 4.74 Å². The molecule has 118 valence electrons. The van der Waals surface area contributed by atoms with Crippen molar-refractivity contribution in [1.29, 1.82) is 0 Å². The Hall–Kier alpha value is -0.530. The molecule has 1 fully saturated rings. The molecule has 0 saturated carbocycles. The van der Waals surface area contributed by atoms with Crippen LogP contribution >= 0.6 is 23.2 Å². The Morgan fingerprint density at radius 2 is 1.71 bits per heavy atom. The summed E-state index contributed by atoms with van der Waals surface area (Å²) >= 11 is 12.0. The molecule has 0 unspecified atom stereocenters. The van der Waals surface area contributed by atoms with Crippen LogP contribution in [0.15, 0.2) is 18.2 Å². The van der Waals surface area contributed by atoms with E-state index in [2.05, 4.69) is 4.90 Å². The predicted molar refractivity (Wildman–Crippen MR) is 84.8 cm³/mol. The minimum atomic E-state index is -3.08. The second-order valence-electron chi connectivity index (χ2n) is 4.90. The fourth-order valence-corrected chi connectivity index (χ4v) is 3.52. The van der Waals surface area contributed by atoms with Gasteiger partial charge in [0, 0.05) is 32.7 Å². The summed E-state index contributed by atoms with van der Waals surface area (Å²) in [7, 11) is -3.08. The lowest BCUT2D eigenvalue weighted by Crippen LogP contribution is -2.49. The standard InChI is InChI=1S/C13H18Cl2N2O3S/c1-21(18,19)17-7-5-16(6-8-17)9-10-20-13-11(14)3-2-4-12(13)15/h2-4H,5-10H2,1H3. The number of halogens is 2. The lowest BCUT2D eigenvalue weighted by Gasteiger charge is -2.33. The maximum absolute atomic E-state index is 11.4. The predicted octanol–water partition coefficient (Wildman–Crippen LogP) is 1.95. The van der Waals surface area contributed by atoms with Crippen molar-refractivity contribution in [3.63, 3.8) is 0 Å². The topological polar surface area (TPSA) is 49.9 Å². The Morgan fingerprint density at radius 3 is 2.24 bits per heavy atom. The first-order valence-corrected chi connectivity index (χ1v) is 9.22. The van der Waals surface area contributed by atoms with Crippen LogP contribution in [0.25, 0.3) is 0 Å². The first-order chi connectivity index (χ1) is 9.88. The molecule has 21 heavy (non-hydrogen) atoms. The van der Waals surface area contributed by atoms with Crippen molar-refractivity contribution in [1.82, 2.24) is 9.21 Å². The lowest BCUT2D eigenvalue weighted by atomic mass is 10.3. The number of piperazine rings is 1. The second-order valence-corrected chi connectivity index (χ2v) is 7.70. The molecule has 8 heteroatoms. The highest BCUT2D eigenvalue weighted by Crippen LogP contribution is 2.32. The van der Waals surface area contributed by atoms with E-state index < -0.39 is 10.0 Å². The maximum atomic E-state index is 11.4. The van der Waals surface area contributed by atoms with E-state index >= 15 is 0 Å². The van der Waals surface area contributed by atoms with E-state index in [-0.39, 0.29) is 0 Å². The average Bonchev–Trinajstić information content (AvgIpc) is 2.42. The summed E-state index contributed by atoms with van der Waals surface area (Å²) in [6.07, 6.45) is 1.24. The summed E-state index contributed by atoms with van der Waals surface area (Å²) in [5.74, 6) is 0.496. The van der Waals surface area contributed by atoms with Crippen molar-refractivity contribution in [3.05, 3.63) is 28.2 Å². The zero-order valence-electron chi connectivity index (χ0n) is 11.8. The number of benzene rings is 1. The molecule has 0 atom stereocenters. The van der Waals surface area contributed by atoms with Crippen molar-refractivity contribution in [2.24, 2.45) is 0 Å². The van der Waals surface area contributed by atoms with Gasteiger partial charge in [0.2, 0.25) is 10.0 Å². The smallest absolute Gasteiger partial charge is 0.211 e. The molecular formula is C13H18Cl2N2O3S. The van der Waals surface area contributed by atoms with Gasteiger partial charge in [0.25, 0.3) is 0 Å². The summed E-state index contributed by atoms with van der Waals surface area (Å²) in [6, 6.07) is 5.23. The molecule has 1 aliphatic rings. The van der Waals surface area contributed by atoms with Gasteiger partial charge in [-0.05, 0) is 12.1 Å². The van der Waals surface area contributed by atoms with Gasteiger partial charge in [0.05, 0.1) is 16.3 Å². The van der Waals surface area contributed by atoms with Gasteiger partial charge in [-0.2, -0.15) is 4.31 Å². The van der Waals surface area contributed by atoms with E-state index in [9.17, 15) is 8.42 Å². The lowest BCUT2D eigenvalue weighted by molar-refractivity contribution is 0.159. The highest BCUT2D eigenvalue weighted by atomic mass is 35.5. The fourth-order valence-electron chi connectivity index (χ4n) is 2.18. The molecule has 0 N–H and O–H groups in total. The third-order valence-electron chi connectivity index (χ3n) is 3.37. The van der Waals surface area contributed by atoms with Gasteiger partial charge in [0.1, 0.15) is 6.61 Å². The van der Waals surface area contributed by atoms with Crippen LogP contribution in [0.2, 0.25) is 10.0 Å². The Morgan fingerprint density at radius 1 is 1.14 bits per heavy atom. The molecule has 0 radical (unpaired) electrons. The molecule has 5 nitrogen and oxygen atoms in total. The third-order valence-corrected chi connectivity index (χ3v) is 5.27. The summed E-state index contributed by atoms with van der Waals surface area (Å²) in [4.78, 5) is 2.16. The molecule has 0 bridgehead atoms. The first kappa shape index (κ1) is 16.8. The monoisotopic (exact) mass is 352 g/mol. The van der Waals surface area contributed by atoms with E-state index in [0.29, 0.717) is 55.1 Å². The van der Waals surface area contributed by atoms with E-state index in [0.717, 1.165) is 0 Å². The fraction of sp³-hybridized carbons (Fsp3) is 0.538. The van der Waals surface area contributed by atoms with Crippen LogP contribution in [-0.2, 0) is 10.0 Å². The van der Waals surface area contributed by atoms with Crippen LogP contribution in [0.1, 0.15) is 0 Å². The van der Waals surface area contributed by atoms with Crippen molar-refractivity contribution >= 4 is 33.2 Å². The third kappa shape index (κ3) is 4.72. The zero-order chi connectivity index (χ0) is 15.5. The van der Waals surface area contributed by atoms with Gasteiger partial charge >= 0.3 is 0 Å². The van der Waals surface area contributed by atoms with Crippen molar-refractivity contribution in [2.45, 2.75) is 0 Å². The van der Waals surface area contributed by atoms with E-state index in [4.69, 9.17) is 27.9 Å². The first-order valence-electron chi connectivity index (χ1n) is 6.62. The maximum Gasteiger partial charge on any atom is 0.211 e. The van der Waals surface area contributed by atoms with Crippen molar-refractivity contribution < 1.29 is 13.2 Å². The molecular weight excluding hydrogens is 335 g/mol. The largest absolute Gasteiger partial charge is 0.489 e. The van der Waals surface area contributed by atoms with Crippen LogP contribution in [0.5, 0.6) is 5.75 Å². The van der Waals surface area contributed by atoms with Gasteiger partial charge in [0.15, 0.2) is 5.75 Å². The number of hydrogen-bond donors (Lipinski definition) is 0. The van der Waals surface area contributed by atoms with Gasteiger partial charge in [-0.3, -0.25) is 4.90 Å². The van der Waals surface area contributed by atoms with Gasteiger partial charge in [-0.1, -0.05) is 29.3 Å². The van der Waals surface area contributed by atoms with Gasteiger partial charge < -0.3 is 4.74 Å². The average molecular weight is 353 g/mol. The molecule has 1 heterocycles. The number of hydrogen-bond acceptors (Lipinski definition) is 4. The van der Waals surface area contributed by atoms with Gasteiger partial charge in [-0.25, -0.2) is 8.42 Å². The summed E-state index contributed by atoms with van der Waals surface area (Å²) in [5.41, 5.74) is 0.